The van der Waals surface area contributed by atoms with Crippen molar-refractivity contribution in [3.05, 3.63) is 60.2 Å². The number of hydrogen-bond donors (Lipinski definition) is 2. The van der Waals surface area contributed by atoms with E-state index in [1.807, 2.05) is 30.3 Å². The molecule has 4 rings (SSSR count). The van der Waals surface area contributed by atoms with Gasteiger partial charge in [-0.15, -0.1) is 0 Å². The second-order valence-electron chi connectivity index (χ2n) is 5.16. The van der Waals surface area contributed by atoms with Crippen LogP contribution in [0.1, 0.15) is 16.2 Å². The normalized spacial score (nSPS) is 10.8. The molecular weight excluding hydrogens is 361 g/mol. The molecule has 0 saturated carbocycles. The monoisotopic (exact) mass is 373 g/mol. The summed E-state index contributed by atoms with van der Waals surface area (Å²) in [5.74, 6) is 0.297. The van der Waals surface area contributed by atoms with Crippen LogP contribution in [0.4, 0.5) is 5.82 Å². The minimum atomic E-state index is -0.488. The second-order valence-corrected chi connectivity index (χ2v) is 5.16. The van der Waals surface area contributed by atoms with Crippen LogP contribution in [0.2, 0.25) is 0 Å². The maximum absolute atomic E-state index is 12.4. The fraction of sp³-hybridized carbons (Fsp3) is 0. The first-order valence-electron chi connectivity index (χ1n) is 7.50. The molecular formula is C16H12N7NaO3. The van der Waals surface area contributed by atoms with Gasteiger partial charge in [0.1, 0.15) is 5.76 Å². The van der Waals surface area contributed by atoms with E-state index in [2.05, 4.69) is 30.6 Å². The van der Waals surface area contributed by atoms with Gasteiger partial charge in [0.2, 0.25) is 11.6 Å². The standard InChI is InChI=1S/C16H12N7O3.Na/c17-14-15(22-26-21-14)23-13(10-5-2-1-3-6-10)12(20-23)16(24)19-18-9-11-7-4-8-25-11;/h1-9H,(H2,17,21)(H,19,24);/q-1;+1/b18-9+;. The minimum Gasteiger partial charge on any atom is -0.582 e. The molecule has 0 aliphatic heterocycles. The Bertz CT molecular complexity index is 1050. The first-order valence-corrected chi connectivity index (χ1v) is 7.50. The Morgan fingerprint density at radius 1 is 1.22 bits per heavy atom. The zero-order valence-electron chi connectivity index (χ0n) is 14.2. The molecule has 0 radical (unpaired) electrons. The Morgan fingerprint density at radius 3 is 2.70 bits per heavy atom. The number of nitrogens with zero attached hydrogens (tertiary/aromatic N) is 5. The molecule has 0 fully saturated rings. The molecule has 3 aromatic heterocycles. The third-order valence-electron chi connectivity index (χ3n) is 3.50. The summed E-state index contributed by atoms with van der Waals surface area (Å²) in [6.07, 6.45) is 2.89. The Balaban J connectivity index is 0.00000210. The summed E-state index contributed by atoms with van der Waals surface area (Å²) in [5.41, 5.74) is 9.57. The molecule has 1 amide bonds. The molecule has 3 N–H and O–H groups in total. The third-order valence-corrected chi connectivity index (χ3v) is 3.50. The van der Waals surface area contributed by atoms with Gasteiger partial charge in [0, 0.05) is 5.69 Å². The van der Waals surface area contributed by atoms with Crippen molar-refractivity contribution < 1.29 is 43.4 Å². The minimum absolute atomic E-state index is 0. The van der Waals surface area contributed by atoms with Crippen LogP contribution in [0.25, 0.3) is 17.1 Å². The van der Waals surface area contributed by atoms with Crippen molar-refractivity contribution in [2.75, 3.05) is 5.73 Å². The average molecular weight is 373 g/mol. The summed E-state index contributed by atoms with van der Waals surface area (Å²) in [6.45, 7) is 0. The van der Waals surface area contributed by atoms with E-state index in [9.17, 15) is 4.79 Å². The number of nitrogen functional groups attached to an aromatic ring is 1. The van der Waals surface area contributed by atoms with Crippen LogP contribution in [0.15, 0.2) is 62.9 Å². The molecule has 0 saturated heterocycles. The fourth-order valence-corrected chi connectivity index (χ4v) is 2.32. The van der Waals surface area contributed by atoms with Crippen molar-refractivity contribution in [1.82, 2.24) is 25.5 Å². The summed E-state index contributed by atoms with van der Waals surface area (Å²) in [4.78, 5) is 12.4. The zero-order chi connectivity index (χ0) is 17.9. The van der Waals surface area contributed by atoms with Gasteiger partial charge < -0.3 is 19.9 Å². The molecule has 0 aliphatic carbocycles. The number of nitrogens with one attached hydrogen (secondary N) is 1. The Morgan fingerprint density at radius 2 is 2.04 bits per heavy atom. The number of aromatic nitrogens is 4. The molecule has 0 spiro atoms. The van der Waals surface area contributed by atoms with Crippen LogP contribution in [-0.2, 0) is 0 Å². The molecule has 0 unspecified atom stereocenters. The van der Waals surface area contributed by atoms with Crippen molar-refractivity contribution in [2.45, 2.75) is 0 Å². The van der Waals surface area contributed by atoms with Gasteiger partial charge in [-0.3, -0.25) is 4.79 Å². The largest absolute Gasteiger partial charge is 1.00 e. The second kappa shape index (κ2) is 8.08. The van der Waals surface area contributed by atoms with E-state index in [-0.39, 0.29) is 46.9 Å². The number of hydrogen-bond acceptors (Lipinski definition) is 7. The summed E-state index contributed by atoms with van der Waals surface area (Å²) in [7, 11) is 0. The molecule has 1 aromatic carbocycles. The number of carbonyl (C=O) groups is 1. The number of nitrogens with two attached hydrogens (primary N) is 1. The summed E-state index contributed by atoms with van der Waals surface area (Å²) in [5, 5.41) is 15.3. The van der Waals surface area contributed by atoms with Gasteiger partial charge in [0.15, 0.2) is 0 Å². The maximum atomic E-state index is 12.4. The molecule has 11 heteroatoms. The predicted molar refractivity (Wildman–Crippen MR) is 90.6 cm³/mol. The van der Waals surface area contributed by atoms with Gasteiger partial charge in [-0.2, -0.15) is 5.10 Å². The van der Waals surface area contributed by atoms with E-state index >= 15 is 0 Å². The number of anilines is 1. The number of carbonyl (C=O) groups excluding carboxylic acids is 1. The van der Waals surface area contributed by atoms with Crippen LogP contribution in [0.3, 0.4) is 0 Å². The van der Waals surface area contributed by atoms with Crippen LogP contribution in [0.5, 0.6) is 0 Å². The SMILES string of the molecule is Nc1nonc1-n1[n-]c(C(=O)N/N=C/c2ccco2)c1-c1ccccc1.[Na+]. The van der Waals surface area contributed by atoms with E-state index < -0.39 is 5.91 Å². The van der Waals surface area contributed by atoms with Crippen molar-refractivity contribution in [1.29, 1.82) is 0 Å². The molecule has 4 aromatic rings. The van der Waals surface area contributed by atoms with Crippen LogP contribution in [-0.4, -0.2) is 27.1 Å². The number of hydrazone groups is 1. The smallest absolute Gasteiger partial charge is 0.582 e. The van der Waals surface area contributed by atoms with E-state index in [1.54, 1.807) is 12.1 Å². The molecule has 0 atom stereocenters. The Hall–Kier alpha value is -3.08. The first kappa shape index (κ1) is 18.7. The average Bonchev–Trinajstić information content (AvgIpc) is 3.27. The predicted octanol–water partition coefficient (Wildman–Crippen LogP) is -1.57. The fourth-order valence-electron chi connectivity index (χ4n) is 2.32. The van der Waals surface area contributed by atoms with Crippen molar-refractivity contribution in [2.24, 2.45) is 5.10 Å². The maximum Gasteiger partial charge on any atom is 1.00 e. The Labute approximate surface area is 174 Å². The van der Waals surface area contributed by atoms with E-state index in [4.69, 9.17) is 10.2 Å². The van der Waals surface area contributed by atoms with Crippen molar-refractivity contribution in [3.63, 3.8) is 0 Å². The molecule has 10 nitrogen and oxygen atoms in total. The van der Waals surface area contributed by atoms with Gasteiger partial charge in [0.05, 0.1) is 12.5 Å². The summed E-state index contributed by atoms with van der Waals surface area (Å²) >= 11 is 0. The van der Waals surface area contributed by atoms with Gasteiger partial charge in [-0.05, 0) is 33.7 Å². The van der Waals surface area contributed by atoms with Gasteiger partial charge in [0.25, 0.3) is 5.91 Å². The van der Waals surface area contributed by atoms with Crippen LogP contribution >= 0.6 is 0 Å². The number of amides is 1. The topological polar surface area (TPSA) is 139 Å². The molecule has 27 heavy (non-hydrogen) atoms. The first-order chi connectivity index (χ1) is 12.7. The van der Waals surface area contributed by atoms with Crippen molar-refractivity contribution in [3.8, 4) is 17.1 Å². The molecule has 0 bridgehead atoms. The summed E-state index contributed by atoms with van der Waals surface area (Å²) in [6, 6.07) is 12.6. The number of benzene rings is 1. The van der Waals surface area contributed by atoms with E-state index in [0.717, 1.165) is 5.56 Å². The third kappa shape index (κ3) is 3.72. The van der Waals surface area contributed by atoms with Crippen molar-refractivity contribution >= 4 is 17.9 Å². The van der Waals surface area contributed by atoms with Gasteiger partial charge >= 0.3 is 29.6 Å². The quantitative estimate of drug-likeness (QED) is 0.245. The van der Waals surface area contributed by atoms with Crippen LogP contribution < -0.4 is 45.8 Å². The van der Waals surface area contributed by atoms with Gasteiger partial charge in [-0.1, -0.05) is 30.3 Å². The Kier molecular flexibility index (Phi) is 5.60. The van der Waals surface area contributed by atoms with E-state index in [1.165, 1.54) is 17.2 Å². The van der Waals surface area contributed by atoms with E-state index in [0.29, 0.717) is 11.5 Å². The van der Waals surface area contributed by atoms with Gasteiger partial charge in [-0.25, -0.2) is 10.1 Å². The number of furan rings is 1. The summed E-state index contributed by atoms with van der Waals surface area (Å²) < 4.78 is 11.1. The van der Waals surface area contributed by atoms with Crippen LogP contribution in [0, 0.1) is 0 Å². The molecule has 0 aliphatic rings. The molecule has 130 valence electrons. The zero-order valence-corrected chi connectivity index (χ0v) is 16.2. The molecule has 3 heterocycles. The number of rotatable bonds is 5.